The van der Waals surface area contributed by atoms with Crippen molar-refractivity contribution < 1.29 is 12.6 Å². The van der Waals surface area contributed by atoms with Crippen LogP contribution >= 0.6 is 0 Å². The molecule has 0 saturated carbocycles. The standard InChI is InChI=1S/C5H13NO3S/c1-3-5-6-10(7,8)9-4-2/h6H,3-5H2,1-2H3. The van der Waals surface area contributed by atoms with Gasteiger partial charge in [0.2, 0.25) is 0 Å². The molecular formula is C5H13NO3S. The van der Waals surface area contributed by atoms with Crippen LogP contribution in [0, 0.1) is 0 Å². The summed E-state index contributed by atoms with van der Waals surface area (Å²) >= 11 is 0. The molecule has 0 atom stereocenters. The van der Waals surface area contributed by atoms with Crippen molar-refractivity contribution in [2.45, 2.75) is 20.3 Å². The lowest BCUT2D eigenvalue weighted by molar-refractivity contribution is 0.330. The summed E-state index contributed by atoms with van der Waals surface area (Å²) in [5.41, 5.74) is 0. The van der Waals surface area contributed by atoms with Gasteiger partial charge in [-0.05, 0) is 13.3 Å². The van der Waals surface area contributed by atoms with Crippen LogP contribution in [0.3, 0.4) is 0 Å². The van der Waals surface area contributed by atoms with E-state index in [1.165, 1.54) is 0 Å². The van der Waals surface area contributed by atoms with Gasteiger partial charge in [-0.3, -0.25) is 4.18 Å². The molecule has 5 heteroatoms. The second-order valence-electron chi connectivity index (χ2n) is 1.75. The molecule has 0 aromatic carbocycles. The fourth-order valence-corrected chi connectivity index (χ4v) is 1.27. The van der Waals surface area contributed by atoms with Gasteiger partial charge >= 0.3 is 10.3 Å². The second-order valence-corrected chi connectivity index (χ2v) is 3.19. The molecule has 0 saturated heterocycles. The molecular weight excluding hydrogens is 154 g/mol. The molecule has 0 bridgehead atoms. The van der Waals surface area contributed by atoms with Crippen molar-refractivity contribution in [1.82, 2.24) is 4.72 Å². The van der Waals surface area contributed by atoms with Crippen LogP contribution in [0.15, 0.2) is 0 Å². The molecule has 0 heterocycles. The largest absolute Gasteiger partial charge is 0.335 e. The van der Waals surface area contributed by atoms with Gasteiger partial charge in [0.25, 0.3) is 0 Å². The van der Waals surface area contributed by atoms with E-state index in [4.69, 9.17) is 0 Å². The molecule has 0 fully saturated rings. The van der Waals surface area contributed by atoms with Gasteiger partial charge in [0, 0.05) is 6.54 Å². The van der Waals surface area contributed by atoms with E-state index in [-0.39, 0.29) is 6.61 Å². The Morgan fingerprint density at radius 3 is 2.40 bits per heavy atom. The molecule has 0 aliphatic carbocycles. The Balaban J connectivity index is 3.65. The smallest absolute Gasteiger partial charge is 0.258 e. The number of hydrogen-bond donors (Lipinski definition) is 1. The normalized spacial score (nSPS) is 11.8. The van der Waals surface area contributed by atoms with E-state index in [1.807, 2.05) is 6.92 Å². The lowest BCUT2D eigenvalue weighted by Gasteiger charge is -2.02. The van der Waals surface area contributed by atoms with E-state index < -0.39 is 10.3 Å². The van der Waals surface area contributed by atoms with Crippen molar-refractivity contribution >= 4 is 10.3 Å². The minimum absolute atomic E-state index is 0.180. The molecule has 0 spiro atoms. The summed E-state index contributed by atoms with van der Waals surface area (Å²) in [5, 5.41) is 0. The van der Waals surface area contributed by atoms with Crippen LogP contribution in [0.1, 0.15) is 20.3 Å². The van der Waals surface area contributed by atoms with Crippen LogP contribution in [0.5, 0.6) is 0 Å². The SMILES string of the molecule is CCCNS(=O)(=O)OCC. The highest BCUT2D eigenvalue weighted by Gasteiger charge is 2.05. The fourth-order valence-electron chi connectivity index (χ4n) is 0.424. The van der Waals surface area contributed by atoms with Gasteiger partial charge in [0.15, 0.2) is 0 Å². The Bertz CT molecular complexity index is 164. The maximum Gasteiger partial charge on any atom is 0.335 e. The zero-order valence-electron chi connectivity index (χ0n) is 6.25. The highest BCUT2D eigenvalue weighted by Crippen LogP contribution is 1.86. The Kier molecular flexibility index (Phi) is 4.59. The van der Waals surface area contributed by atoms with Crippen molar-refractivity contribution in [3.63, 3.8) is 0 Å². The zero-order valence-corrected chi connectivity index (χ0v) is 7.07. The monoisotopic (exact) mass is 167 g/mol. The summed E-state index contributed by atoms with van der Waals surface area (Å²) in [6.07, 6.45) is 0.770. The average molecular weight is 167 g/mol. The maximum absolute atomic E-state index is 10.7. The van der Waals surface area contributed by atoms with Crippen LogP contribution in [-0.2, 0) is 14.5 Å². The van der Waals surface area contributed by atoms with Crippen molar-refractivity contribution in [3.8, 4) is 0 Å². The summed E-state index contributed by atoms with van der Waals surface area (Å²) < 4.78 is 28.0. The van der Waals surface area contributed by atoms with Crippen molar-refractivity contribution in [3.05, 3.63) is 0 Å². The van der Waals surface area contributed by atoms with E-state index in [2.05, 4.69) is 8.91 Å². The van der Waals surface area contributed by atoms with E-state index >= 15 is 0 Å². The predicted molar refractivity (Wildman–Crippen MR) is 38.8 cm³/mol. The molecule has 0 rings (SSSR count). The van der Waals surface area contributed by atoms with Gasteiger partial charge < -0.3 is 0 Å². The summed E-state index contributed by atoms with van der Waals surface area (Å²) in [5.74, 6) is 0. The molecule has 62 valence electrons. The Hall–Kier alpha value is -0.130. The topological polar surface area (TPSA) is 55.4 Å². The van der Waals surface area contributed by atoms with Crippen molar-refractivity contribution in [2.75, 3.05) is 13.2 Å². The van der Waals surface area contributed by atoms with Gasteiger partial charge in [-0.25, -0.2) is 0 Å². The molecule has 0 unspecified atom stereocenters. The van der Waals surface area contributed by atoms with Crippen LogP contribution in [-0.4, -0.2) is 21.6 Å². The third kappa shape index (κ3) is 4.72. The summed E-state index contributed by atoms with van der Waals surface area (Å²) in [6.45, 7) is 4.13. The zero-order chi connectivity index (χ0) is 8.04. The first-order valence-electron chi connectivity index (χ1n) is 3.26. The second kappa shape index (κ2) is 4.65. The van der Waals surface area contributed by atoms with Crippen LogP contribution < -0.4 is 4.72 Å². The molecule has 10 heavy (non-hydrogen) atoms. The van der Waals surface area contributed by atoms with Crippen LogP contribution in [0.4, 0.5) is 0 Å². The predicted octanol–water partition coefficient (Wildman–Crippen LogP) is 0.267. The quantitative estimate of drug-likeness (QED) is 0.639. The minimum Gasteiger partial charge on any atom is -0.258 e. The molecule has 4 nitrogen and oxygen atoms in total. The fraction of sp³-hybridized carbons (Fsp3) is 1.00. The first kappa shape index (κ1) is 9.87. The molecule has 0 aliphatic heterocycles. The number of hydrogen-bond acceptors (Lipinski definition) is 3. The van der Waals surface area contributed by atoms with Crippen LogP contribution in [0.25, 0.3) is 0 Å². The third-order valence-electron chi connectivity index (χ3n) is 0.802. The van der Waals surface area contributed by atoms with Crippen LogP contribution in [0.2, 0.25) is 0 Å². The molecule has 0 radical (unpaired) electrons. The van der Waals surface area contributed by atoms with Gasteiger partial charge in [-0.1, -0.05) is 6.92 Å². The molecule has 1 N–H and O–H groups in total. The minimum atomic E-state index is -3.44. The molecule has 0 amide bonds. The van der Waals surface area contributed by atoms with Gasteiger partial charge in [0.1, 0.15) is 0 Å². The lowest BCUT2D eigenvalue weighted by Crippen LogP contribution is -2.26. The first-order chi connectivity index (χ1) is 4.62. The Morgan fingerprint density at radius 1 is 1.40 bits per heavy atom. The Labute approximate surface area is 61.8 Å². The van der Waals surface area contributed by atoms with Gasteiger partial charge in [-0.15, -0.1) is 0 Å². The van der Waals surface area contributed by atoms with E-state index in [9.17, 15) is 8.42 Å². The third-order valence-corrected chi connectivity index (χ3v) is 1.91. The lowest BCUT2D eigenvalue weighted by atomic mass is 10.5. The van der Waals surface area contributed by atoms with Gasteiger partial charge in [-0.2, -0.15) is 13.1 Å². The summed E-state index contributed by atoms with van der Waals surface area (Å²) in [4.78, 5) is 0. The number of rotatable bonds is 5. The maximum atomic E-state index is 10.7. The summed E-state index contributed by atoms with van der Waals surface area (Å²) in [7, 11) is -3.44. The highest BCUT2D eigenvalue weighted by atomic mass is 32.2. The highest BCUT2D eigenvalue weighted by molar-refractivity contribution is 7.84. The van der Waals surface area contributed by atoms with Crippen molar-refractivity contribution in [1.29, 1.82) is 0 Å². The Morgan fingerprint density at radius 2 is 2.00 bits per heavy atom. The van der Waals surface area contributed by atoms with Gasteiger partial charge in [0.05, 0.1) is 6.61 Å². The van der Waals surface area contributed by atoms with E-state index in [0.717, 1.165) is 6.42 Å². The molecule has 0 aliphatic rings. The van der Waals surface area contributed by atoms with E-state index in [0.29, 0.717) is 6.54 Å². The molecule has 0 aromatic heterocycles. The summed E-state index contributed by atoms with van der Waals surface area (Å²) in [6, 6.07) is 0. The first-order valence-corrected chi connectivity index (χ1v) is 4.67. The molecule has 0 aromatic rings. The average Bonchev–Trinajstić information content (AvgIpc) is 1.84. The number of nitrogens with one attached hydrogen (secondary N) is 1. The van der Waals surface area contributed by atoms with E-state index in [1.54, 1.807) is 6.92 Å². The van der Waals surface area contributed by atoms with Crippen molar-refractivity contribution in [2.24, 2.45) is 0 Å².